The average molecular weight is 479 g/mol. The zero-order valence-electron chi connectivity index (χ0n) is 21.0. The average Bonchev–Trinajstić information content (AvgIpc) is 3.57. The highest BCUT2D eigenvalue weighted by Gasteiger charge is 2.48. The van der Waals surface area contributed by atoms with Gasteiger partial charge in [-0.05, 0) is 48.9 Å². The second-order valence-corrected chi connectivity index (χ2v) is 10.6. The van der Waals surface area contributed by atoms with E-state index in [2.05, 4.69) is 20.1 Å². The lowest BCUT2D eigenvalue weighted by Gasteiger charge is -2.39. The van der Waals surface area contributed by atoms with Crippen molar-refractivity contribution in [2.45, 2.75) is 45.1 Å². The molecule has 1 atom stereocenters. The number of rotatable bonds is 5. The highest BCUT2D eigenvalue weighted by molar-refractivity contribution is 5.98. The van der Waals surface area contributed by atoms with Crippen LogP contribution in [-0.2, 0) is 4.79 Å². The van der Waals surface area contributed by atoms with Crippen molar-refractivity contribution in [2.24, 2.45) is 5.41 Å². The van der Waals surface area contributed by atoms with Gasteiger partial charge in [0.2, 0.25) is 17.7 Å². The summed E-state index contributed by atoms with van der Waals surface area (Å²) in [5.74, 6) is 1.51. The Morgan fingerprint density at radius 2 is 1.97 bits per heavy atom. The highest BCUT2D eigenvalue weighted by Crippen LogP contribution is 2.49. The van der Waals surface area contributed by atoms with Crippen LogP contribution in [0.15, 0.2) is 34.9 Å². The molecule has 1 aromatic carbocycles. The van der Waals surface area contributed by atoms with Crippen molar-refractivity contribution in [3.63, 3.8) is 0 Å². The van der Waals surface area contributed by atoms with Crippen LogP contribution in [0.1, 0.15) is 67.2 Å². The Balaban J connectivity index is 1.31. The third kappa shape index (κ3) is 4.57. The van der Waals surface area contributed by atoms with Crippen LogP contribution in [0.3, 0.4) is 0 Å². The van der Waals surface area contributed by atoms with E-state index in [1.54, 1.807) is 19.0 Å². The molecular formula is C26H34N6O3. The summed E-state index contributed by atoms with van der Waals surface area (Å²) in [7, 11) is 3.56. The maximum atomic E-state index is 13.2. The predicted molar refractivity (Wildman–Crippen MR) is 132 cm³/mol. The Morgan fingerprint density at radius 1 is 1.20 bits per heavy atom. The summed E-state index contributed by atoms with van der Waals surface area (Å²) in [5, 5.41) is 9.63. The molecule has 5 rings (SSSR count). The molecule has 4 heterocycles. The fourth-order valence-corrected chi connectivity index (χ4v) is 5.40. The van der Waals surface area contributed by atoms with Gasteiger partial charge in [0.05, 0.1) is 12.6 Å². The van der Waals surface area contributed by atoms with E-state index in [0.717, 1.165) is 42.3 Å². The molecule has 2 saturated heterocycles. The monoisotopic (exact) mass is 478 g/mol. The van der Waals surface area contributed by atoms with Crippen molar-refractivity contribution in [2.75, 3.05) is 40.3 Å². The molecule has 2 aromatic heterocycles. The number of carbonyl (C=O) groups excluding carboxylic acids is 2. The third-order valence-electron chi connectivity index (χ3n) is 7.59. The molecule has 0 radical (unpaired) electrons. The number of nitrogens with one attached hydrogen (secondary N) is 1. The molecule has 9 heteroatoms. The summed E-state index contributed by atoms with van der Waals surface area (Å²) in [6.45, 7) is 6.56. The molecule has 1 spiro atoms. The van der Waals surface area contributed by atoms with E-state index in [4.69, 9.17) is 4.42 Å². The molecule has 0 aliphatic carbocycles. The van der Waals surface area contributed by atoms with E-state index in [1.165, 1.54) is 0 Å². The van der Waals surface area contributed by atoms with E-state index in [9.17, 15) is 9.59 Å². The molecule has 2 aliphatic heterocycles. The van der Waals surface area contributed by atoms with Crippen molar-refractivity contribution in [1.82, 2.24) is 29.9 Å². The number of likely N-dealkylation sites (tertiary alicyclic amines) is 2. The molecule has 0 bridgehead atoms. The number of piperidine rings is 1. The van der Waals surface area contributed by atoms with Gasteiger partial charge in [-0.1, -0.05) is 13.8 Å². The third-order valence-corrected chi connectivity index (χ3v) is 7.59. The summed E-state index contributed by atoms with van der Waals surface area (Å²) >= 11 is 0. The van der Waals surface area contributed by atoms with Gasteiger partial charge < -0.3 is 19.2 Å². The molecule has 0 saturated carbocycles. The number of nitrogens with zero attached hydrogens (tertiary/aromatic N) is 5. The van der Waals surface area contributed by atoms with Gasteiger partial charge >= 0.3 is 0 Å². The first-order valence-corrected chi connectivity index (χ1v) is 12.4. The van der Waals surface area contributed by atoms with Crippen LogP contribution in [-0.4, -0.2) is 82.0 Å². The van der Waals surface area contributed by atoms with E-state index in [-0.39, 0.29) is 29.2 Å². The molecule has 9 nitrogen and oxygen atoms in total. The first-order chi connectivity index (χ1) is 16.7. The van der Waals surface area contributed by atoms with Crippen molar-refractivity contribution >= 4 is 22.7 Å². The summed E-state index contributed by atoms with van der Waals surface area (Å²) in [6, 6.07) is 7.72. The number of hydrogen-bond acceptors (Lipinski definition) is 6. The van der Waals surface area contributed by atoms with Gasteiger partial charge in [0.15, 0.2) is 0 Å². The quantitative estimate of drug-likeness (QED) is 0.603. The first-order valence-electron chi connectivity index (χ1n) is 12.4. The largest absolute Gasteiger partial charge is 0.423 e. The van der Waals surface area contributed by atoms with Crippen LogP contribution < -0.4 is 0 Å². The van der Waals surface area contributed by atoms with Crippen LogP contribution in [0.4, 0.5) is 0 Å². The Morgan fingerprint density at radius 3 is 2.66 bits per heavy atom. The number of fused-ring (bicyclic) bond motifs is 1. The lowest BCUT2D eigenvalue weighted by molar-refractivity contribution is -0.130. The SMILES string of the molecule is CC(C)c1nnc(C2CC3(CCN(C(=O)c4ccc5[nH]ccc5c4)CC3)CN2CC(=O)N(C)C)o1. The number of aromatic amines is 1. The van der Waals surface area contributed by atoms with Gasteiger partial charge in [0, 0.05) is 62.3 Å². The zero-order valence-corrected chi connectivity index (χ0v) is 21.0. The summed E-state index contributed by atoms with van der Waals surface area (Å²) in [6.07, 6.45) is 4.52. The number of aromatic nitrogens is 3. The fourth-order valence-electron chi connectivity index (χ4n) is 5.40. The molecule has 2 aliphatic rings. The fraction of sp³-hybridized carbons (Fsp3) is 0.538. The standard InChI is InChI=1S/C26H34N6O3/c1-17(2)23-28-29-24(35-23)21-14-26(16-32(21)15-22(33)30(3)4)8-11-31(12-9-26)25(34)19-5-6-20-18(13-19)7-10-27-20/h5-7,10,13,17,21,27H,8-9,11-12,14-16H2,1-4H3. The lowest BCUT2D eigenvalue weighted by Crippen LogP contribution is -2.45. The molecule has 2 fully saturated rings. The predicted octanol–water partition coefficient (Wildman–Crippen LogP) is 3.43. The Kier molecular flexibility index (Phi) is 6.13. The minimum atomic E-state index is -0.0860. The molecule has 1 N–H and O–H groups in total. The van der Waals surface area contributed by atoms with Gasteiger partial charge in [-0.2, -0.15) is 0 Å². The summed E-state index contributed by atoms with van der Waals surface area (Å²) < 4.78 is 6.03. The van der Waals surface area contributed by atoms with Gasteiger partial charge in [-0.3, -0.25) is 14.5 Å². The van der Waals surface area contributed by atoms with Crippen LogP contribution in [0.5, 0.6) is 0 Å². The Labute approximate surface area is 205 Å². The number of likely N-dealkylation sites (N-methyl/N-ethyl adjacent to an activating group) is 1. The van der Waals surface area contributed by atoms with Crippen molar-refractivity contribution < 1.29 is 14.0 Å². The van der Waals surface area contributed by atoms with E-state index in [1.807, 2.05) is 49.2 Å². The van der Waals surface area contributed by atoms with Crippen LogP contribution in [0.2, 0.25) is 0 Å². The number of benzene rings is 1. The summed E-state index contributed by atoms with van der Waals surface area (Å²) in [4.78, 5) is 34.8. The first kappa shape index (κ1) is 23.5. The van der Waals surface area contributed by atoms with Gasteiger partial charge in [-0.15, -0.1) is 10.2 Å². The number of amides is 2. The minimum absolute atomic E-state index is 0.0189. The second kappa shape index (κ2) is 9.11. The molecule has 3 aromatic rings. The number of H-pyrrole nitrogens is 1. The topological polar surface area (TPSA) is 98.6 Å². The second-order valence-electron chi connectivity index (χ2n) is 10.6. The van der Waals surface area contributed by atoms with Crippen LogP contribution in [0, 0.1) is 5.41 Å². The molecule has 35 heavy (non-hydrogen) atoms. The summed E-state index contributed by atoms with van der Waals surface area (Å²) in [5.41, 5.74) is 1.78. The van der Waals surface area contributed by atoms with E-state index < -0.39 is 0 Å². The van der Waals surface area contributed by atoms with Crippen LogP contribution in [0.25, 0.3) is 10.9 Å². The van der Waals surface area contributed by atoms with Gasteiger partial charge in [0.25, 0.3) is 5.91 Å². The zero-order chi connectivity index (χ0) is 24.7. The number of carbonyl (C=O) groups is 2. The smallest absolute Gasteiger partial charge is 0.253 e. The maximum Gasteiger partial charge on any atom is 0.253 e. The van der Waals surface area contributed by atoms with Crippen LogP contribution >= 0.6 is 0 Å². The Hall–Kier alpha value is -3.20. The molecule has 186 valence electrons. The Bertz CT molecular complexity index is 1220. The molecular weight excluding hydrogens is 444 g/mol. The molecule has 2 amide bonds. The maximum absolute atomic E-state index is 13.2. The van der Waals surface area contributed by atoms with Crippen molar-refractivity contribution in [1.29, 1.82) is 0 Å². The normalized spacial score (nSPS) is 20.3. The van der Waals surface area contributed by atoms with Gasteiger partial charge in [-0.25, -0.2) is 0 Å². The van der Waals surface area contributed by atoms with E-state index in [0.29, 0.717) is 31.4 Å². The van der Waals surface area contributed by atoms with Crippen molar-refractivity contribution in [3.8, 4) is 0 Å². The lowest BCUT2D eigenvalue weighted by atomic mass is 9.76. The molecule has 1 unspecified atom stereocenters. The van der Waals surface area contributed by atoms with E-state index >= 15 is 0 Å². The number of hydrogen-bond donors (Lipinski definition) is 1. The van der Waals surface area contributed by atoms with Crippen molar-refractivity contribution in [3.05, 3.63) is 47.8 Å². The minimum Gasteiger partial charge on any atom is -0.423 e. The highest BCUT2D eigenvalue weighted by atomic mass is 16.4. The van der Waals surface area contributed by atoms with Gasteiger partial charge in [0.1, 0.15) is 0 Å².